The van der Waals surface area contributed by atoms with Gasteiger partial charge in [-0.15, -0.1) is 0 Å². The topological polar surface area (TPSA) is 98.9 Å². The zero-order valence-corrected chi connectivity index (χ0v) is 11.0. The third-order valence-corrected chi connectivity index (χ3v) is 3.50. The van der Waals surface area contributed by atoms with Crippen LogP contribution in [0.3, 0.4) is 0 Å². The lowest BCUT2D eigenvalue weighted by molar-refractivity contribution is -0.574. The molecule has 0 saturated carbocycles. The molecule has 0 radical (unpaired) electrons. The third-order valence-electron chi connectivity index (χ3n) is 3.50. The number of fused-ring (bicyclic) bond motifs is 1. The first-order valence-electron chi connectivity index (χ1n) is 6.13. The van der Waals surface area contributed by atoms with E-state index in [9.17, 15) is 14.9 Å². The molecule has 0 bridgehead atoms. The van der Waals surface area contributed by atoms with Gasteiger partial charge in [0.2, 0.25) is 0 Å². The number of aliphatic carboxylic acids is 1. The molecular formula is C13H15NO6. The van der Waals surface area contributed by atoms with Gasteiger partial charge in [-0.25, -0.2) is 0 Å². The van der Waals surface area contributed by atoms with Crippen LogP contribution in [0.2, 0.25) is 0 Å². The molecule has 0 amide bonds. The molecule has 1 aliphatic rings. The van der Waals surface area contributed by atoms with E-state index in [1.165, 1.54) is 7.11 Å². The normalized spacial score (nSPS) is 20.6. The summed E-state index contributed by atoms with van der Waals surface area (Å²) in [6, 6.07) is 5.17. The van der Waals surface area contributed by atoms with E-state index in [-0.39, 0.29) is 25.9 Å². The van der Waals surface area contributed by atoms with Crippen LogP contribution in [0.15, 0.2) is 18.2 Å². The molecule has 108 valence electrons. The van der Waals surface area contributed by atoms with E-state index in [0.717, 1.165) is 0 Å². The molecule has 1 N–H and O–H groups in total. The predicted molar refractivity (Wildman–Crippen MR) is 68.8 cm³/mol. The summed E-state index contributed by atoms with van der Waals surface area (Å²) in [6.45, 7) is -0.132. The van der Waals surface area contributed by atoms with Gasteiger partial charge in [-0.2, -0.15) is 0 Å². The monoisotopic (exact) mass is 281 g/mol. The standard InChI is InChI=1S/C13H15NO6/c1-19-10-3-2-4-11-9(10)7-13(8-20-11,14(17)18)6-5-12(15)16/h2-4H,5-8H2,1H3,(H,15,16). The van der Waals surface area contributed by atoms with Crippen molar-refractivity contribution in [1.29, 1.82) is 0 Å². The number of rotatable bonds is 5. The highest BCUT2D eigenvalue weighted by Crippen LogP contribution is 2.38. The van der Waals surface area contributed by atoms with Crippen LogP contribution in [-0.4, -0.2) is 35.3 Å². The first-order chi connectivity index (χ1) is 9.48. The number of carbonyl (C=O) groups is 1. The van der Waals surface area contributed by atoms with E-state index in [0.29, 0.717) is 17.1 Å². The van der Waals surface area contributed by atoms with E-state index in [2.05, 4.69) is 0 Å². The molecular weight excluding hydrogens is 266 g/mol. The van der Waals surface area contributed by atoms with Gasteiger partial charge in [0.15, 0.2) is 6.61 Å². The quantitative estimate of drug-likeness (QED) is 0.648. The number of nitro groups is 1. The lowest BCUT2D eigenvalue weighted by Crippen LogP contribution is -2.49. The average Bonchev–Trinajstić information content (AvgIpc) is 2.44. The molecule has 0 aromatic heterocycles. The Labute approximate surface area is 115 Å². The van der Waals surface area contributed by atoms with E-state index < -0.39 is 16.4 Å². The number of ether oxygens (including phenoxy) is 2. The van der Waals surface area contributed by atoms with Gasteiger partial charge in [0.1, 0.15) is 11.5 Å². The van der Waals surface area contributed by atoms with Crippen LogP contribution in [0.4, 0.5) is 0 Å². The van der Waals surface area contributed by atoms with Gasteiger partial charge in [0.05, 0.1) is 20.0 Å². The van der Waals surface area contributed by atoms with Crippen molar-refractivity contribution >= 4 is 5.97 Å². The maximum atomic E-state index is 11.4. The second kappa shape index (κ2) is 5.36. The van der Waals surface area contributed by atoms with Crippen molar-refractivity contribution < 1.29 is 24.3 Å². The Morgan fingerprint density at radius 1 is 1.60 bits per heavy atom. The highest BCUT2D eigenvalue weighted by Gasteiger charge is 2.48. The number of hydrogen-bond donors (Lipinski definition) is 1. The van der Waals surface area contributed by atoms with Crippen LogP contribution in [0.25, 0.3) is 0 Å². The van der Waals surface area contributed by atoms with Gasteiger partial charge in [-0.1, -0.05) is 6.07 Å². The smallest absolute Gasteiger partial charge is 0.303 e. The highest BCUT2D eigenvalue weighted by molar-refractivity contribution is 5.66. The van der Waals surface area contributed by atoms with Crippen molar-refractivity contribution in [3.8, 4) is 11.5 Å². The fraction of sp³-hybridized carbons (Fsp3) is 0.462. The van der Waals surface area contributed by atoms with Crippen LogP contribution in [0.1, 0.15) is 18.4 Å². The Bertz CT molecular complexity index is 529. The summed E-state index contributed by atoms with van der Waals surface area (Å²) in [5.74, 6) is 0.0120. The molecule has 1 aromatic carbocycles. The Kier molecular flexibility index (Phi) is 3.78. The first kappa shape index (κ1) is 14.1. The van der Waals surface area contributed by atoms with E-state index in [4.69, 9.17) is 14.6 Å². The first-order valence-corrected chi connectivity index (χ1v) is 6.13. The van der Waals surface area contributed by atoms with Crippen molar-refractivity contribution in [3.63, 3.8) is 0 Å². The van der Waals surface area contributed by atoms with Crippen LogP contribution in [0, 0.1) is 10.1 Å². The number of hydrogen-bond acceptors (Lipinski definition) is 5. The highest BCUT2D eigenvalue weighted by atomic mass is 16.6. The third kappa shape index (κ3) is 2.52. The summed E-state index contributed by atoms with van der Waals surface area (Å²) in [7, 11) is 1.48. The molecule has 1 aliphatic heterocycles. The van der Waals surface area contributed by atoms with Crippen LogP contribution in [0.5, 0.6) is 11.5 Å². The Balaban J connectivity index is 2.34. The molecule has 1 atom stereocenters. The average molecular weight is 281 g/mol. The lowest BCUT2D eigenvalue weighted by Gasteiger charge is -2.31. The van der Waals surface area contributed by atoms with Gasteiger partial charge in [0, 0.05) is 16.9 Å². The van der Waals surface area contributed by atoms with Crippen molar-refractivity contribution in [1.82, 2.24) is 0 Å². The van der Waals surface area contributed by atoms with Crippen LogP contribution < -0.4 is 9.47 Å². The minimum absolute atomic E-state index is 0.0766. The zero-order chi connectivity index (χ0) is 14.8. The maximum absolute atomic E-state index is 11.4. The van der Waals surface area contributed by atoms with Crippen LogP contribution >= 0.6 is 0 Å². The summed E-state index contributed by atoms with van der Waals surface area (Å²) in [6.07, 6.45) is -0.242. The van der Waals surface area contributed by atoms with Gasteiger partial charge in [-0.05, 0) is 12.1 Å². The SMILES string of the molecule is COc1cccc2c1CC(CCC(=O)O)([N+](=O)[O-])CO2. The maximum Gasteiger partial charge on any atom is 0.303 e. The molecule has 1 unspecified atom stereocenters. The lowest BCUT2D eigenvalue weighted by atomic mass is 9.85. The molecule has 1 aromatic rings. The van der Waals surface area contributed by atoms with Crippen molar-refractivity contribution in [2.75, 3.05) is 13.7 Å². The molecule has 20 heavy (non-hydrogen) atoms. The van der Waals surface area contributed by atoms with Gasteiger partial charge >= 0.3 is 5.97 Å². The summed E-state index contributed by atoms with van der Waals surface area (Å²) in [5.41, 5.74) is -0.802. The van der Waals surface area contributed by atoms with Crippen molar-refractivity contribution in [3.05, 3.63) is 33.9 Å². The van der Waals surface area contributed by atoms with Gasteiger partial charge in [-0.3, -0.25) is 14.9 Å². The van der Waals surface area contributed by atoms with E-state index in [1.54, 1.807) is 18.2 Å². The fourth-order valence-corrected chi connectivity index (χ4v) is 2.35. The zero-order valence-electron chi connectivity index (χ0n) is 11.0. The molecule has 0 saturated heterocycles. The number of carboxylic acid groups (broad SMARTS) is 1. The Morgan fingerprint density at radius 3 is 2.95 bits per heavy atom. The minimum Gasteiger partial charge on any atom is -0.496 e. The number of nitrogens with zero attached hydrogens (tertiary/aromatic N) is 1. The molecule has 1 heterocycles. The minimum atomic E-state index is -1.42. The largest absolute Gasteiger partial charge is 0.496 e. The second-order valence-electron chi connectivity index (χ2n) is 4.78. The number of carboxylic acids is 1. The summed E-state index contributed by atoms with van der Waals surface area (Å²) < 4.78 is 10.7. The molecule has 7 heteroatoms. The van der Waals surface area contributed by atoms with Crippen LogP contribution in [-0.2, 0) is 11.2 Å². The molecule has 0 spiro atoms. The van der Waals surface area contributed by atoms with E-state index in [1.807, 2.05) is 0 Å². The van der Waals surface area contributed by atoms with Crippen molar-refractivity contribution in [2.24, 2.45) is 0 Å². The molecule has 2 rings (SSSR count). The van der Waals surface area contributed by atoms with Gasteiger partial charge in [0.25, 0.3) is 5.54 Å². The Hall–Kier alpha value is -2.31. The summed E-state index contributed by atoms with van der Waals surface area (Å²) >= 11 is 0. The molecule has 0 fully saturated rings. The fourth-order valence-electron chi connectivity index (χ4n) is 2.35. The van der Waals surface area contributed by atoms with Crippen molar-refractivity contribution in [2.45, 2.75) is 24.8 Å². The summed E-state index contributed by atoms with van der Waals surface area (Å²) in [4.78, 5) is 21.6. The summed E-state index contributed by atoms with van der Waals surface area (Å²) in [5, 5.41) is 20.1. The Morgan fingerprint density at radius 2 is 2.35 bits per heavy atom. The van der Waals surface area contributed by atoms with E-state index >= 15 is 0 Å². The second-order valence-corrected chi connectivity index (χ2v) is 4.78. The molecule has 0 aliphatic carbocycles. The number of benzene rings is 1. The van der Waals surface area contributed by atoms with Gasteiger partial charge < -0.3 is 14.6 Å². The predicted octanol–water partition coefficient (Wildman–Crippen LogP) is 1.51. The number of methoxy groups -OCH3 is 1. The molecule has 7 nitrogen and oxygen atoms in total.